The maximum absolute atomic E-state index is 12.6. The molecule has 3 rings (SSSR count). The molecule has 1 aromatic rings. The summed E-state index contributed by atoms with van der Waals surface area (Å²) in [5.41, 5.74) is 0.0162. The van der Waals surface area contributed by atoms with Gasteiger partial charge >= 0.3 is 0 Å². The van der Waals surface area contributed by atoms with Crippen molar-refractivity contribution >= 4 is 11.8 Å². The molecule has 0 N–H and O–H groups in total. The average Bonchev–Trinajstić information content (AvgIpc) is 2.68. The molecule has 0 aromatic heterocycles. The van der Waals surface area contributed by atoms with E-state index in [9.17, 15) is 9.59 Å². The van der Waals surface area contributed by atoms with Gasteiger partial charge in [-0.2, -0.15) is 0 Å². The number of rotatable bonds is 6. The van der Waals surface area contributed by atoms with Crippen molar-refractivity contribution in [3.8, 4) is 5.75 Å². The minimum Gasteiger partial charge on any atom is -0.484 e. The van der Waals surface area contributed by atoms with E-state index in [0.29, 0.717) is 31.9 Å². The van der Waals surface area contributed by atoms with Crippen LogP contribution in [0.1, 0.15) is 25.7 Å². The van der Waals surface area contributed by atoms with Gasteiger partial charge < -0.3 is 19.3 Å². The first-order valence-corrected chi connectivity index (χ1v) is 9.34. The molecule has 142 valence electrons. The minimum atomic E-state index is 0.0162. The Morgan fingerprint density at radius 1 is 1.19 bits per heavy atom. The Bertz CT molecular complexity index is 621. The van der Waals surface area contributed by atoms with E-state index in [1.807, 2.05) is 40.1 Å². The van der Waals surface area contributed by atoms with Gasteiger partial charge in [-0.15, -0.1) is 0 Å². The Morgan fingerprint density at radius 3 is 2.77 bits per heavy atom. The third-order valence-electron chi connectivity index (χ3n) is 5.43. The summed E-state index contributed by atoms with van der Waals surface area (Å²) in [5.74, 6) is 0.929. The Labute approximate surface area is 155 Å². The number of para-hydroxylation sites is 1. The van der Waals surface area contributed by atoms with Gasteiger partial charge in [0, 0.05) is 45.1 Å². The van der Waals surface area contributed by atoms with Gasteiger partial charge in [0.1, 0.15) is 5.75 Å². The fourth-order valence-corrected chi connectivity index (χ4v) is 4.01. The van der Waals surface area contributed by atoms with Crippen molar-refractivity contribution in [2.24, 2.45) is 5.41 Å². The molecule has 2 aliphatic heterocycles. The predicted molar refractivity (Wildman–Crippen MR) is 97.9 cm³/mol. The molecular formula is C20H28N2O4. The number of likely N-dealkylation sites (tertiary alicyclic amines) is 2. The van der Waals surface area contributed by atoms with Crippen LogP contribution in [0, 0.1) is 5.41 Å². The number of piperidine rings is 2. The zero-order chi connectivity index (χ0) is 18.4. The summed E-state index contributed by atoms with van der Waals surface area (Å²) in [6.07, 6.45) is 3.46. The highest BCUT2D eigenvalue weighted by molar-refractivity contribution is 5.79. The first-order valence-electron chi connectivity index (χ1n) is 9.34. The summed E-state index contributed by atoms with van der Waals surface area (Å²) >= 11 is 0. The van der Waals surface area contributed by atoms with E-state index >= 15 is 0 Å². The summed E-state index contributed by atoms with van der Waals surface area (Å²) in [4.78, 5) is 28.6. The summed E-state index contributed by atoms with van der Waals surface area (Å²) in [7, 11) is 1.65. The minimum absolute atomic E-state index is 0.0162. The molecule has 2 amide bonds. The van der Waals surface area contributed by atoms with Crippen molar-refractivity contribution in [1.29, 1.82) is 0 Å². The average molecular weight is 360 g/mol. The van der Waals surface area contributed by atoms with E-state index in [0.717, 1.165) is 32.4 Å². The molecule has 2 aliphatic rings. The second-order valence-corrected chi connectivity index (χ2v) is 7.33. The van der Waals surface area contributed by atoms with Crippen LogP contribution in [0.3, 0.4) is 0 Å². The van der Waals surface area contributed by atoms with Gasteiger partial charge in [0.15, 0.2) is 6.61 Å². The molecule has 2 saturated heterocycles. The number of nitrogens with zero attached hydrogens (tertiary/aromatic N) is 2. The first kappa shape index (κ1) is 18.7. The van der Waals surface area contributed by atoms with Crippen LogP contribution in [0.2, 0.25) is 0 Å². The lowest BCUT2D eigenvalue weighted by Crippen LogP contribution is -2.56. The van der Waals surface area contributed by atoms with Gasteiger partial charge in [-0.3, -0.25) is 9.59 Å². The Hall–Kier alpha value is -2.08. The molecule has 0 aliphatic carbocycles. The standard InChI is InChI=1S/C20H28N2O4/c1-25-13-12-22-16-20(10-8-18(22)23)9-5-11-21(15-20)19(24)14-26-17-6-3-2-4-7-17/h2-4,6-7H,5,8-16H2,1H3. The fourth-order valence-electron chi connectivity index (χ4n) is 4.01. The van der Waals surface area contributed by atoms with Crippen LogP contribution in [-0.4, -0.2) is 68.1 Å². The Kier molecular flexibility index (Phi) is 6.14. The number of ether oxygens (including phenoxy) is 2. The maximum atomic E-state index is 12.6. The van der Waals surface area contributed by atoms with Gasteiger partial charge in [0.25, 0.3) is 5.91 Å². The number of hydrogen-bond donors (Lipinski definition) is 0. The van der Waals surface area contributed by atoms with Crippen LogP contribution in [0.4, 0.5) is 0 Å². The van der Waals surface area contributed by atoms with Crippen molar-refractivity contribution in [3.63, 3.8) is 0 Å². The summed E-state index contributed by atoms with van der Waals surface area (Å²) in [6, 6.07) is 9.41. The molecule has 1 spiro atoms. The Balaban J connectivity index is 1.57. The second-order valence-electron chi connectivity index (χ2n) is 7.33. The molecule has 1 atom stereocenters. The number of amides is 2. The lowest BCUT2D eigenvalue weighted by atomic mass is 9.73. The molecular weight excluding hydrogens is 332 g/mol. The number of benzene rings is 1. The topological polar surface area (TPSA) is 59.1 Å². The van der Waals surface area contributed by atoms with Crippen LogP contribution in [0.15, 0.2) is 30.3 Å². The summed E-state index contributed by atoms with van der Waals surface area (Å²) in [5, 5.41) is 0. The van der Waals surface area contributed by atoms with Crippen LogP contribution in [0.25, 0.3) is 0 Å². The number of carbonyl (C=O) groups excluding carboxylic acids is 2. The molecule has 6 heteroatoms. The second kappa shape index (κ2) is 8.54. The quantitative estimate of drug-likeness (QED) is 0.778. The van der Waals surface area contributed by atoms with Gasteiger partial charge in [-0.05, 0) is 31.4 Å². The number of methoxy groups -OCH3 is 1. The monoisotopic (exact) mass is 360 g/mol. The van der Waals surface area contributed by atoms with Gasteiger partial charge in [0.2, 0.25) is 5.91 Å². The van der Waals surface area contributed by atoms with E-state index < -0.39 is 0 Å². The molecule has 0 radical (unpaired) electrons. The highest BCUT2D eigenvalue weighted by Gasteiger charge is 2.42. The van der Waals surface area contributed by atoms with Crippen LogP contribution in [-0.2, 0) is 14.3 Å². The van der Waals surface area contributed by atoms with E-state index in [-0.39, 0.29) is 23.8 Å². The number of carbonyl (C=O) groups is 2. The third-order valence-corrected chi connectivity index (χ3v) is 5.43. The van der Waals surface area contributed by atoms with Crippen LogP contribution < -0.4 is 4.74 Å². The van der Waals surface area contributed by atoms with Gasteiger partial charge in [0.05, 0.1) is 6.61 Å². The lowest BCUT2D eigenvalue weighted by molar-refractivity contribution is -0.144. The first-order chi connectivity index (χ1) is 12.6. The summed E-state index contributed by atoms with van der Waals surface area (Å²) < 4.78 is 10.7. The predicted octanol–water partition coefficient (Wildman–Crippen LogP) is 1.94. The number of hydrogen-bond acceptors (Lipinski definition) is 4. The van der Waals surface area contributed by atoms with Crippen molar-refractivity contribution < 1.29 is 19.1 Å². The molecule has 1 aromatic carbocycles. The van der Waals surface area contributed by atoms with Crippen molar-refractivity contribution in [2.75, 3.05) is 46.5 Å². The normalized spacial score (nSPS) is 23.3. The molecule has 2 fully saturated rings. The maximum Gasteiger partial charge on any atom is 0.260 e. The van der Waals surface area contributed by atoms with E-state index in [1.165, 1.54) is 0 Å². The van der Waals surface area contributed by atoms with Gasteiger partial charge in [-0.25, -0.2) is 0 Å². The van der Waals surface area contributed by atoms with Crippen LogP contribution >= 0.6 is 0 Å². The lowest BCUT2D eigenvalue weighted by Gasteiger charge is -2.48. The highest BCUT2D eigenvalue weighted by atomic mass is 16.5. The zero-order valence-electron chi connectivity index (χ0n) is 15.5. The van der Waals surface area contributed by atoms with Crippen molar-refractivity contribution in [2.45, 2.75) is 25.7 Å². The van der Waals surface area contributed by atoms with E-state index in [1.54, 1.807) is 7.11 Å². The highest BCUT2D eigenvalue weighted by Crippen LogP contribution is 2.38. The Morgan fingerprint density at radius 2 is 2.00 bits per heavy atom. The van der Waals surface area contributed by atoms with Crippen molar-refractivity contribution in [3.05, 3.63) is 30.3 Å². The van der Waals surface area contributed by atoms with Crippen LogP contribution in [0.5, 0.6) is 5.75 Å². The molecule has 6 nitrogen and oxygen atoms in total. The molecule has 1 unspecified atom stereocenters. The zero-order valence-corrected chi connectivity index (χ0v) is 15.5. The van der Waals surface area contributed by atoms with Gasteiger partial charge in [-0.1, -0.05) is 18.2 Å². The third kappa shape index (κ3) is 4.55. The molecule has 2 heterocycles. The molecule has 0 bridgehead atoms. The smallest absolute Gasteiger partial charge is 0.260 e. The largest absolute Gasteiger partial charge is 0.484 e. The van der Waals surface area contributed by atoms with Crippen molar-refractivity contribution in [1.82, 2.24) is 9.80 Å². The van der Waals surface area contributed by atoms with E-state index in [4.69, 9.17) is 9.47 Å². The SMILES string of the molecule is COCCN1CC2(CCCN(C(=O)COc3ccccc3)C2)CCC1=O. The molecule has 0 saturated carbocycles. The van der Waals surface area contributed by atoms with E-state index in [2.05, 4.69) is 0 Å². The molecule has 26 heavy (non-hydrogen) atoms. The summed E-state index contributed by atoms with van der Waals surface area (Å²) in [6.45, 7) is 3.44. The fraction of sp³-hybridized carbons (Fsp3) is 0.600.